The molecule has 2 amide bonds. The quantitative estimate of drug-likeness (QED) is 0.766. The minimum atomic E-state index is -3.41. The lowest BCUT2D eigenvalue weighted by Gasteiger charge is -2.24. The highest BCUT2D eigenvalue weighted by Crippen LogP contribution is 2.25. The highest BCUT2D eigenvalue weighted by Gasteiger charge is 2.23. The van der Waals surface area contributed by atoms with E-state index in [4.69, 9.17) is 0 Å². The maximum absolute atomic E-state index is 12.1. The molecule has 1 saturated carbocycles. The average molecular weight is 366 g/mol. The van der Waals surface area contributed by atoms with Crippen LogP contribution in [0.3, 0.4) is 0 Å². The number of rotatable bonds is 7. The van der Waals surface area contributed by atoms with Crippen molar-refractivity contribution in [1.82, 2.24) is 10.6 Å². The second-order valence-electron chi connectivity index (χ2n) is 6.72. The molecule has 138 valence electrons. The van der Waals surface area contributed by atoms with Gasteiger partial charge in [-0.15, -0.1) is 0 Å². The molecule has 0 radical (unpaired) electrons. The molecule has 0 spiro atoms. The van der Waals surface area contributed by atoms with Crippen LogP contribution in [0.15, 0.2) is 24.3 Å². The van der Waals surface area contributed by atoms with Gasteiger partial charge in [-0.1, -0.05) is 0 Å². The number of benzene rings is 1. The first kappa shape index (κ1) is 17.8. The number of urea groups is 1. The molecule has 0 bridgehead atoms. The van der Waals surface area contributed by atoms with E-state index in [1.165, 1.54) is 23.4 Å². The molecular weight excluding hydrogens is 340 g/mol. The van der Waals surface area contributed by atoms with Crippen molar-refractivity contribution in [3.05, 3.63) is 24.3 Å². The smallest absolute Gasteiger partial charge is 0.315 e. The molecule has 2 fully saturated rings. The van der Waals surface area contributed by atoms with E-state index in [9.17, 15) is 13.2 Å². The lowest BCUT2D eigenvalue weighted by atomic mass is 10.2. The molecule has 1 heterocycles. The summed E-state index contributed by atoms with van der Waals surface area (Å²) in [7, 11) is -3.41. The Morgan fingerprint density at radius 2 is 1.84 bits per heavy atom. The summed E-state index contributed by atoms with van der Waals surface area (Å²) < 4.78 is 25.6. The molecule has 0 aromatic heterocycles. The van der Waals surface area contributed by atoms with E-state index in [-0.39, 0.29) is 25.2 Å². The number of sulfonamides is 1. The van der Waals surface area contributed by atoms with Crippen molar-refractivity contribution in [3.63, 3.8) is 0 Å². The Morgan fingerprint density at radius 3 is 2.40 bits per heavy atom. The van der Waals surface area contributed by atoms with E-state index in [0.29, 0.717) is 5.69 Å². The molecular formula is C17H26N4O3S. The second-order valence-corrected chi connectivity index (χ2v) is 8.63. The standard InChI is InChI=1S/C17H26N4O3S/c1-25(23,24)21(13-10-18-17(22)19-14-4-5-14)16-8-6-15(7-9-16)20-11-2-3-12-20/h6-9,14H,2-5,10-13H2,1H3,(H2,18,19,22). The van der Waals surface area contributed by atoms with Gasteiger partial charge in [0.2, 0.25) is 10.0 Å². The molecule has 1 saturated heterocycles. The van der Waals surface area contributed by atoms with Crippen LogP contribution in [0.4, 0.5) is 16.2 Å². The minimum absolute atomic E-state index is 0.208. The molecule has 2 aliphatic rings. The van der Waals surface area contributed by atoms with Gasteiger partial charge in [0.15, 0.2) is 0 Å². The number of hydrogen-bond acceptors (Lipinski definition) is 4. The number of carbonyl (C=O) groups is 1. The van der Waals surface area contributed by atoms with E-state index in [1.54, 1.807) is 0 Å². The van der Waals surface area contributed by atoms with Crippen molar-refractivity contribution in [1.29, 1.82) is 0 Å². The Kier molecular flexibility index (Phi) is 5.36. The molecule has 7 nitrogen and oxygen atoms in total. The van der Waals surface area contributed by atoms with Gasteiger partial charge in [-0.25, -0.2) is 13.2 Å². The fourth-order valence-electron chi connectivity index (χ4n) is 3.03. The Hall–Kier alpha value is -1.96. The number of carbonyl (C=O) groups excluding carboxylic acids is 1. The van der Waals surface area contributed by atoms with E-state index < -0.39 is 10.0 Å². The van der Waals surface area contributed by atoms with Crippen LogP contribution in [0, 0.1) is 0 Å². The normalized spacial score (nSPS) is 17.4. The third-order valence-corrected chi connectivity index (χ3v) is 5.72. The zero-order valence-electron chi connectivity index (χ0n) is 14.6. The average Bonchev–Trinajstić information content (AvgIpc) is 3.20. The predicted molar refractivity (Wildman–Crippen MR) is 99.6 cm³/mol. The van der Waals surface area contributed by atoms with Gasteiger partial charge in [0.25, 0.3) is 0 Å². The molecule has 1 aromatic rings. The number of nitrogens with one attached hydrogen (secondary N) is 2. The van der Waals surface area contributed by atoms with Crippen LogP contribution < -0.4 is 19.8 Å². The third-order valence-electron chi connectivity index (χ3n) is 4.52. The number of hydrogen-bond donors (Lipinski definition) is 2. The van der Waals surface area contributed by atoms with Gasteiger partial charge in [0.05, 0.1) is 18.5 Å². The Bertz CT molecular complexity index is 695. The topological polar surface area (TPSA) is 81.8 Å². The summed E-state index contributed by atoms with van der Waals surface area (Å²) in [4.78, 5) is 14.0. The van der Waals surface area contributed by atoms with Crippen LogP contribution in [-0.2, 0) is 10.0 Å². The number of nitrogens with zero attached hydrogens (tertiary/aromatic N) is 2. The summed E-state index contributed by atoms with van der Waals surface area (Å²) in [5.74, 6) is 0. The first-order chi connectivity index (χ1) is 11.9. The fourth-order valence-corrected chi connectivity index (χ4v) is 3.95. The van der Waals surface area contributed by atoms with Crippen molar-refractivity contribution >= 4 is 27.4 Å². The van der Waals surface area contributed by atoms with Crippen LogP contribution in [-0.4, -0.2) is 52.9 Å². The van der Waals surface area contributed by atoms with E-state index in [2.05, 4.69) is 15.5 Å². The third kappa shape index (κ3) is 5.01. The molecule has 2 N–H and O–H groups in total. The molecule has 0 atom stereocenters. The van der Waals surface area contributed by atoms with Crippen LogP contribution in [0.1, 0.15) is 25.7 Å². The van der Waals surface area contributed by atoms with Gasteiger partial charge < -0.3 is 15.5 Å². The van der Waals surface area contributed by atoms with Crippen LogP contribution in [0.25, 0.3) is 0 Å². The van der Waals surface area contributed by atoms with Crippen molar-refractivity contribution in [3.8, 4) is 0 Å². The molecule has 1 aromatic carbocycles. The number of anilines is 2. The van der Waals surface area contributed by atoms with E-state index in [0.717, 1.165) is 31.6 Å². The summed E-state index contributed by atoms with van der Waals surface area (Å²) in [6.45, 7) is 2.57. The SMILES string of the molecule is CS(=O)(=O)N(CCNC(=O)NC1CC1)c1ccc(N2CCCC2)cc1. The molecule has 8 heteroatoms. The monoisotopic (exact) mass is 366 g/mol. The predicted octanol–water partition coefficient (Wildman–Crippen LogP) is 1.51. The second kappa shape index (κ2) is 7.51. The highest BCUT2D eigenvalue weighted by molar-refractivity contribution is 7.92. The first-order valence-electron chi connectivity index (χ1n) is 8.80. The van der Waals surface area contributed by atoms with Crippen LogP contribution in [0.2, 0.25) is 0 Å². The molecule has 25 heavy (non-hydrogen) atoms. The molecule has 1 aliphatic heterocycles. The summed E-state index contributed by atoms with van der Waals surface area (Å²) >= 11 is 0. The zero-order chi connectivity index (χ0) is 17.9. The van der Waals surface area contributed by atoms with Gasteiger partial charge in [-0.3, -0.25) is 4.31 Å². The molecule has 0 unspecified atom stereocenters. The van der Waals surface area contributed by atoms with Crippen LogP contribution in [0.5, 0.6) is 0 Å². The van der Waals surface area contributed by atoms with Crippen LogP contribution >= 0.6 is 0 Å². The molecule has 3 rings (SSSR count). The maximum Gasteiger partial charge on any atom is 0.315 e. The van der Waals surface area contributed by atoms with Gasteiger partial charge >= 0.3 is 6.03 Å². The van der Waals surface area contributed by atoms with Crippen molar-refractivity contribution < 1.29 is 13.2 Å². The van der Waals surface area contributed by atoms with E-state index in [1.807, 2.05) is 24.3 Å². The van der Waals surface area contributed by atoms with Gasteiger partial charge in [0, 0.05) is 31.4 Å². The minimum Gasteiger partial charge on any atom is -0.372 e. The largest absolute Gasteiger partial charge is 0.372 e. The Morgan fingerprint density at radius 1 is 1.20 bits per heavy atom. The summed E-state index contributed by atoms with van der Waals surface area (Å²) in [5.41, 5.74) is 1.74. The maximum atomic E-state index is 12.1. The lowest BCUT2D eigenvalue weighted by molar-refractivity contribution is 0.241. The summed E-state index contributed by atoms with van der Waals surface area (Å²) in [6, 6.07) is 7.64. The van der Waals surface area contributed by atoms with Gasteiger partial charge in [-0.2, -0.15) is 0 Å². The zero-order valence-corrected chi connectivity index (χ0v) is 15.4. The highest BCUT2D eigenvalue weighted by atomic mass is 32.2. The Balaban J connectivity index is 1.60. The first-order valence-corrected chi connectivity index (χ1v) is 10.7. The van der Waals surface area contributed by atoms with Gasteiger partial charge in [0.1, 0.15) is 0 Å². The molecule has 1 aliphatic carbocycles. The summed E-state index contributed by atoms with van der Waals surface area (Å²) in [5, 5.41) is 5.54. The van der Waals surface area contributed by atoms with Crippen molar-refractivity contribution in [2.24, 2.45) is 0 Å². The lowest BCUT2D eigenvalue weighted by Crippen LogP contribution is -2.42. The Labute approximate surface area is 149 Å². The summed E-state index contributed by atoms with van der Waals surface area (Å²) in [6.07, 6.45) is 5.63. The fraction of sp³-hybridized carbons (Fsp3) is 0.588. The van der Waals surface area contributed by atoms with Crippen molar-refractivity contribution in [2.75, 3.05) is 41.6 Å². The van der Waals surface area contributed by atoms with Crippen molar-refractivity contribution in [2.45, 2.75) is 31.7 Å². The van der Waals surface area contributed by atoms with Gasteiger partial charge in [-0.05, 0) is 49.9 Å². The number of amides is 2. The van der Waals surface area contributed by atoms with E-state index >= 15 is 0 Å².